The van der Waals surface area contributed by atoms with Crippen LogP contribution in [0.4, 0.5) is 5.82 Å². The number of hydrogen-bond donors (Lipinski definition) is 2. The van der Waals surface area contributed by atoms with Crippen LogP contribution in [0, 0.1) is 0 Å². The van der Waals surface area contributed by atoms with E-state index in [1.54, 1.807) is 54.3 Å². The molecule has 3 N–H and O–H groups in total. The predicted octanol–water partition coefficient (Wildman–Crippen LogP) is 3.22. The molecular weight excluding hydrogens is 478 g/mol. The molecule has 3 heterocycles. The van der Waals surface area contributed by atoms with Crippen LogP contribution in [0.15, 0.2) is 53.3 Å². The highest BCUT2D eigenvalue weighted by molar-refractivity contribution is 6.04. The van der Waals surface area contributed by atoms with Gasteiger partial charge in [-0.05, 0) is 38.1 Å². The van der Waals surface area contributed by atoms with Crippen molar-refractivity contribution in [2.45, 2.75) is 20.0 Å². The third kappa shape index (κ3) is 6.32. The van der Waals surface area contributed by atoms with Gasteiger partial charge in [0, 0.05) is 30.9 Å². The first-order valence-electron chi connectivity index (χ1n) is 10.2. The summed E-state index contributed by atoms with van der Waals surface area (Å²) in [6.07, 6.45) is 3.05. The Morgan fingerprint density at radius 3 is 2.49 bits per heavy atom. The standard InChI is InChI=1S/C22H21N7O5.ClH/c1-12(2)32-15-8-13(21(31)25-18-6-7-29(3)27-18)9-16(10-15)33-14-4-5-17(24-11-14)22-26-20(19(23)30)28-34-22;/h4-12H,1-3H3,(H2,23,30)(H,25,27,31);1H. The lowest BCUT2D eigenvalue weighted by Crippen LogP contribution is -2.13. The van der Waals surface area contributed by atoms with Crippen molar-refractivity contribution in [2.24, 2.45) is 12.8 Å². The predicted molar refractivity (Wildman–Crippen MR) is 127 cm³/mol. The number of nitrogens with one attached hydrogen (secondary N) is 1. The number of hydrogen-bond acceptors (Lipinski definition) is 9. The van der Waals surface area contributed by atoms with Crippen molar-refractivity contribution in [3.63, 3.8) is 0 Å². The molecule has 0 unspecified atom stereocenters. The molecule has 2 amide bonds. The molecule has 182 valence electrons. The van der Waals surface area contributed by atoms with Crippen molar-refractivity contribution in [3.05, 3.63) is 60.2 Å². The van der Waals surface area contributed by atoms with Gasteiger partial charge in [0.1, 0.15) is 22.9 Å². The number of nitrogens with two attached hydrogens (primary N) is 1. The van der Waals surface area contributed by atoms with Gasteiger partial charge in [0.15, 0.2) is 5.82 Å². The van der Waals surface area contributed by atoms with Crippen molar-refractivity contribution in [2.75, 3.05) is 5.32 Å². The number of benzene rings is 1. The highest BCUT2D eigenvalue weighted by atomic mass is 35.5. The van der Waals surface area contributed by atoms with Crippen LogP contribution in [0.1, 0.15) is 34.8 Å². The molecule has 0 radical (unpaired) electrons. The van der Waals surface area contributed by atoms with E-state index < -0.39 is 5.91 Å². The molecule has 0 saturated carbocycles. The van der Waals surface area contributed by atoms with Crippen molar-refractivity contribution in [1.29, 1.82) is 0 Å². The summed E-state index contributed by atoms with van der Waals surface area (Å²) >= 11 is 0. The topological polar surface area (TPSA) is 160 Å². The Bertz CT molecular complexity index is 1330. The number of primary amides is 1. The first kappa shape index (κ1) is 25.2. The number of rotatable bonds is 8. The van der Waals surface area contributed by atoms with Crippen LogP contribution in [-0.4, -0.2) is 42.8 Å². The zero-order chi connectivity index (χ0) is 24.2. The maximum Gasteiger partial charge on any atom is 0.290 e. The Morgan fingerprint density at radius 2 is 1.89 bits per heavy atom. The number of carbonyl (C=O) groups is 2. The smallest absolute Gasteiger partial charge is 0.290 e. The van der Waals surface area contributed by atoms with Gasteiger partial charge in [-0.25, -0.2) is 4.98 Å². The van der Waals surface area contributed by atoms with Crippen LogP contribution in [-0.2, 0) is 7.05 Å². The third-order valence-electron chi connectivity index (χ3n) is 4.31. The van der Waals surface area contributed by atoms with Crippen LogP contribution in [0.25, 0.3) is 11.6 Å². The number of aromatic nitrogens is 5. The van der Waals surface area contributed by atoms with Crippen LogP contribution in [0.2, 0.25) is 0 Å². The monoisotopic (exact) mass is 499 g/mol. The van der Waals surface area contributed by atoms with Crippen molar-refractivity contribution < 1.29 is 23.6 Å². The van der Waals surface area contributed by atoms with Gasteiger partial charge in [-0.3, -0.25) is 14.3 Å². The Kier molecular flexibility index (Phi) is 7.66. The van der Waals surface area contributed by atoms with Crippen LogP contribution < -0.4 is 20.5 Å². The lowest BCUT2D eigenvalue weighted by atomic mass is 10.2. The molecule has 0 atom stereocenters. The summed E-state index contributed by atoms with van der Waals surface area (Å²) in [7, 11) is 1.76. The SMILES string of the molecule is CC(C)Oc1cc(Oc2ccc(-c3nc(C(N)=O)no3)nc2)cc(C(=O)Nc2ccn(C)n2)c1.Cl. The van der Waals surface area contributed by atoms with E-state index in [0.717, 1.165) is 0 Å². The van der Waals surface area contributed by atoms with Crippen molar-refractivity contribution in [1.82, 2.24) is 24.9 Å². The molecule has 0 aliphatic heterocycles. The van der Waals surface area contributed by atoms with Crippen LogP contribution in [0.5, 0.6) is 17.2 Å². The average Bonchev–Trinajstić information content (AvgIpc) is 3.43. The van der Waals surface area contributed by atoms with Crippen molar-refractivity contribution >= 4 is 30.0 Å². The Labute approximate surface area is 205 Å². The van der Waals surface area contributed by atoms with Gasteiger partial charge in [-0.1, -0.05) is 5.16 Å². The number of amides is 2. The minimum absolute atomic E-state index is 0. The summed E-state index contributed by atoms with van der Waals surface area (Å²) in [5.41, 5.74) is 5.79. The molecule has 12 nitrogen and oxygen atoms in total. The second-order valence-corrected chi connectivity index (χ2v) is 7.46. The van der Waals surface area contributed by atoms with Gasteiger partial charge in [0.2, 0.25) is 0 Å². The molecular formula is C22H22ClN7O5. The van der Waals surface area contributed by atoms with E-state index >= 15 is 0 Å². The molecule has 35 heavy (non-hydrogen) atoms. The number of halogens is 1. The Balaban J connectivity index is 0.00000342. The fourth-order valence-electron chi connectivity index (χ4n) is 2.90. The van der Waals surface area contributed by atoms with E-state index in [2.05, 4.69) is 25.5 Å². The molecule has 0 fully saturated rings. The molecule has 3 aromatic heterocycles. The van der Waals surface area contributed by atoms with Gasteiger partial charge >= 0.3 is 0 Å². The van der Waals surface area contributed by atoms with Gasteiger partial charge in [-0.15, -0.1) is 12.4 Å². The molecule has 0 bridgehead atoms. The Morgan fingerprint density at radius 1 is 1.11 bits per heavy atom. The summed E-state index contributed by atoms with van der Waals surface area (Å²) in [6, 6.07) is 9.77. The van der Waals surface area contributed by atoms with Crippen molar-refractivity contribution in [3.8, 4) is 28.8 Å². The maximum atomic E-state index is 12.8. The largest absolute Gasteiger partial charge is 0.491 e. The first-order chi connectivity index (χ1) is 16.3. The molecule has 13 heteroatoms. The minimum atomic E-state index is -0.804. The molecule has 0 spiro atoms. The number of carbonyl (C=O) groups excluding carboxylic acids is 2. The van der Waals surface area contributed by atoms with E-state index in [4.69, 9.17) is 19.7 Å². The molecule has 0 aliphatic carbocycles. The minimum Gasteiger partial charge on any atom is -0.491 e. The number of anilines is 1. The quantitative estimate of drug-likeness (QED) is 0.370. The van der Waals surface area contributed by atoms with Crippen LogP contribution in [0.3, 0.4) is 0 Å². The second-order valence-electron chi connectivity index (χ2n) is 7.46. The lowest BCUT2D eigenvalue weighted by molar-refractivity contribution is 0.0985. The zero-order valence-corrected chi connectivity index (χ0v) is 19.8. The van der Waals surface area contributed by atoms with Gasteiger partial charge in [-0.2, -0.15) is 10.1 Å². The molecule has 4 aromatic rings. The summed E-state index contributed by atoms with van der Waals surface area (Å²) < 4.78 is 18.2. The number of nitrogens with zero attached hydrogens (tertiary/aromatic N) is 5. The van der Waals surface area contributed by atoms with E-state index in [1.807, 2.05) is 13.8 Å². The highest BCUT2D eigenvalue weighted by Gasteiger charge is 2.15. The molecule has 4 rings (SSSR count). The van der Waals surface area contributed by atoms with E-state index in [-0.39, 0.29) is 36.1 Å². The number of ether oxygens (including phenoxy) is 2. The summed E-state index contributed by atoms with van der Waals surface area (Å²) in [4.78, 5) is 32.0. The number of aryl methyl sites for hydroxylation is 1. The highest BCUT2D eigenvalue weighted by Crippen LogP contribution is 2.29. The van der Waals surface area contributed by atoms with Crippen LogP contribution >= 0.6 is 12.4 Å². The third-order valence-corrected chi connectivity index (χ3v) is 4.31. The number of pyridine rings is 1. The fourth-order valence-corrected chi connectivity index (χ4v) is 2.90. The summed E-state index contributed by atoms with van der Waals surface area (Å²) in [6.45, 7) is 3.76. The normalized spacial score (nSPS) is 10.5. The average molecular weight is 500 g/mol. The maximum absolute atomic E-state index is 12.8. The van der Waals surface area contributed by atoms with Gasteiger partial charge < -0.3 is 25.0 Å². The van der Waals surface area contributed by atoms with E-state index in [9.17, 15) is 9.59 Å². The first-order valence-corrected chi connectivity index (χ1v) is 10.2. The molecule has 0 aliphatic rings. The Hall–Kier alpha value is -4.45. The molecule has 0 saturated heterocycles. The van der Waals surface area contributed by atoms with E-state index in [1.165, 1.54) is 6.20 Å². The lowest BCUT2D eigenvalue weighted by Gasteiger charge is -2.14. The van der Waals surface area contributed by atoms with Gasteiger partial charge in [0.25, 0.3) is 23.5 Å². The fraction of sp³-hybridized carbons (Fsp3) is 0.182. The zero-order valence-electron chi connectivity index (χ0n) is 19.0. The van der Waals surface area contributed by atoms with E-state index in [0.29, 0.717) is 34.3 Å². The van der Waals surface area contributed by atoms with Gasteiger partial charge in [0.05, 0.1) is 12.3 Å². The summed E-state index contributed by atoms with van der Waals surface area (Å²) in [5.74, 6) is 0.272. The molecule has 1 aromatic carbocycles. The second kappa shape index (κ2) is 10.7. The summed E-state index contributed by atoms with van der Waals surface area (Å²) in [5, 5.41) is 10.4.